The number of anilines is 3. The summed E-state index contributed by atoms with van der Waals surface area (Å²) in [5, 5.41) is 2.48. The summed E-state index contributed by atoms with van der Waals surface area (Å²) in [5.74, 6) is 0. The number of rotatable bonds is 4. The molecule has 0 fully saturated rings. The fraction of sp³-hybridized carbons (Fsp3) is 0.200. The predicted octanol–water partition coefficient (Wildman–Crippen LogP) is 11.5. The molecule has 0 spiro atoms. The Morgan fingerprint density at radius 3 is 1.68 bits per heavy atom. The highest BCUT2D eigenvalue weighted by Gasteiger charge is 2.41. The highest BCUT2D eigenvalue weighted by Crippen LogP contribution is 2.51. The van der Waals surface area contributed by atoms with Crippen LogP contribution < -0.4 is 4.90 Å². The van der Waals surface area contributed by atoms with E-state index in [1.165, 1.54) is 38.7 Å². The smallest absolute Gasteiger partial charge is 0.0546 e. The van der Waals surface area contributed by atoms with Crippen molar-refractivity contribution in [1.29, 1.82) is 0 Å². The quantitative estimate of drug-likeness (QED) is 0.192. The number of fused-ring (bicyclic) bond motifs is 2. The molecule has 0 amide bonds. The van der Waals surface area contributed by atoms with Gasteiger partial charge in [-0.2, -0.15) is 0 Å². The van der Waals surface area contributed by atoms with Crippen LogP contribution in [0.3, 0.4) is 0 Å². The summed E-state index contributed by atoms with van der Waals surface area (Å²) in [5.41, 5.74) is 9.18. The molecular formula is C35H31Br2N. The van der Waals surface area contributed by atoms with Crippen molar-refractivity contribution in [3.05, 3.63) is 123 Å². The Morgan fingerprint density at radius 1 is 0.579 bits per heavy atom. The van der Waals surface area contributed by atoms with Gasteiger partial charge in [0.25, 0.3) is 0 Å². The first-order chi connectivity index (χ1) is 18.1. The first-order valence-electron chi connectivity index (χ1n) is 13.1. The van der Waals surface area contributed by atoms with E-state index < -0.39 is 0 Å². The molecule has 190 valence electrons. The van der Waals surface area contributed by atoms with Crippen molar-refractivity contribution in [2.24, 2.45) is 0 Å². The van der Waals surface area contributed by atoms with E-state index in [1.807, 2.05) is 0 Å². The highest BCUT2D eigenvalue weighted by atomic mass is 79.9. The van der Waals surface area contributed by atoms with Gasteiger partial charge in [0.15, 0.2) is 0 Å². The Kier molecular flexibility index (Phi) is 6.28. The van der Waals surface area contributed by atoms with Gasteiger partial charge in [0.1, 0.15) is 0 Å². The molecular weight excluding hydrogens is 594 g/mol. The van der Waals surface area contributed by atoms with Crippen LogP contribution in [0.4, 0.5) is 17.1 Å². The topological polar surface area (TPSA) is 3.24 Å². The molecule has 3 heteroatoms. The standard InChI is InChI=1S/C35H31Br2N/c1-34(2)22-35(3,4)32-20-25(9-18-31(32)34)30-19-23-7-5-6-8-24(23)21-33(30)38(28-14-10-26(36)11-15-28)29-16-12-27(37)13-17-29/h5-21H,22H2,1-4H3. The van der Waals surface area contributed by atoms with E-state index in [2.05, 4.69) is 168 Å². The number of nitrogens with zero attached hydrogens (tertiary/aromatic N) is 1. The second kappa shape index (κ2) is 9.39. The van der Waals surface area contributed by atoms with Gasteiger partial charge in [-0.05, 0) is 105 Å². The van der Waals surface area contributed by atoms with Gasteiger partial charge in [0, 0.05) is 25.9 Å². The molecule has 0 saturated heterocycles. The molecule has 0 unspecified atom stereocenters. The highest BCUT2D eigenvalue weighted by molar-refractivity contribution is 9.10. The summed E-state index contributed by atoms with van der Waals surface area (Å²) in [7, 11) is 0. The van der Waals surface area contributed by atoms with E-state index in [0.717, 1.165) is 26.7 Å². The Hall–Kier alpha value is -2.88. The molecule has 0 N–H and O–H groups in total. The molecule has 0 aliphatic heterocycles. The summed E-state index contributed by atoms with van der Waals surface area (Å²) < 4.78 is 2.14. The maximum absolute atomic E-state index is 3.62. The van der Waals surface area contributed by atoms with Crippen LogP contribution in [0.5, 0.6) is 0 Å². The Bertz CT molecular complexity index is 1600. The average molecular weight is 625 g/mol. The third-order valence-corrected chi connectivity index (χ3v) is 9.00. The SMILES string of the molecule is CC1(C)CC(C)(C)c2cc(-c3cc4ccccc4cc3N(c3ccc(Br)cc3)c3ccc(Br)cc3)ccc21. The summed E-state index contributed by atoms with van der Waals surface area (Å²) in [6.07, 6.45) is 1.16. The van der Waals surface area contributed by atoms with Crippen molar-refractivity contribution in [2.45, 2.75) is 44.9 Å². The zero-order chi connectivity index (χ0) is 26.7. The first kappa shape index (κ1) is 25.4. The second-order valence-corrected chi connectivity index (χ2v) is 13.5. The summed E-state index contributed by atoms with van der Waals surface area (Å²) in [4.78, 5) is 2.38. The van der Waals surface area contributed by atoms with Crippen LogP contribution in [0, 0.1) is 0 Å². The summed E-state index contributed by atoms with van der Waals surface area (Å²) >= 11 is 7.25. The monoisotopic (exact) mass is 623 g/mol. The zero-order valence-corrected chi connectivity index (χ0v) is 25.4. The number of benzene rings is 5. The molecule has 1 aliphatic carbocycles. The van der Waals surface area contributed by atoms with Crippen LogP contribution in [-0.4, -0.2) is 0 Å². The predicted molar refractivity (Wildman–Crippen MR) is 170 cm³/mol. The molecule has 0 atom stereocenters. The van der Waals surface area contributed by atoms with Gasteiger partial charge in [0.2, 0.25) is 0 Å². The fourth-order valence-corrected chi connectivity index (χ4v) is 6.94. The van der Waals surface area contributed by atoms with Crippen LogP contribution >= 0.6 is 31.9 Å². The normalized spacial score (nSPS) is 15.4. The summed E-state index contributed by atoms with van der Waals surface area (Å²) in [6, 6.07) is 37.7. The minimum Gasteiger partial charge on any atom is -0.310 e. The Labute approximate surface area is 242 Å². The van der Waals surface area contributed by atoms with E-state index in [-0.39, 0.29) is 10.8 Å². The zero-order valence-electron chi connectivity index (χ0n) is 22.2. The number of hydrogen-bond donors (Lipinski definition) is 0. The fourth-order valence-electron chi connectivity index (χ4n) is 6.41. The molecule has 0 bridgehead atoms. The van der Waals surface area contributed by atoms with Crippen molar-refractivity contribution in [3.63, 3.8) is 0 Å². The Balaban J connectivity index is 1.64. The van der Waals surface area contributed by atoms with Crippen LogP contribution in [-0.2, 0) is 10.8 Å². The third-order valence-electron chi connectivity index (χ3n) is 7.95. The lowest BCUT2D eigenvalue weighted by Gasteiger charge is -2.29. The number of hydrogen-bond acceptors (Lipinski definition) is 1. The molecule has 0 radical (unpaired) electrons. The van der Waals surface area contributed by atoms with E-state index in [1.54, 1.807) is 0 Å². The van der Waals surface area contributed by atoms with Gasteiger partial charge in [-0.1, -0.05) is 102 Å². The van der Waals surface area contributed by atoms with Gasteiger partial charge in [-0.3, -0.25) is 0 Å². The van der Waals surface area contributed by atoms with Crippen LogP contribution in [0.2, 0.25) is 0 Å². The van der Waals surface area contributed by atoms with Crippen LogP contribution in [0.25, 0.3) is 21.9 Å². The van der Waals surface area contributed by atoms with E-state index in [9.17, 15) is 0 Å². The Morgan fingerprint density at radius 2 is 1.11 bits per heavy atom. The molecule has 6 rings (SSSR count). The van der Waals surface area contributed by atoms with Crippen LogP contribution in [0.1, 0.15) is 45.2 Å². The molecule has 1 nitrogen and oxygen atoms in total. The molecule has 5 aromatic rings. The van der Waals surface area contributed by atoms with Gasteiger partial charge in [-0.15, -0.1) is 0 Å². The second-order valence-electron chi connectivity index (χ2n) is 11.7. The first-order valence-corrected chi connectivity index (χ1v) is 14.7. The van der Waals surface area contributed by atoms with Gasteiger partial charge >= 0.3 is 0 Å². The van der Waals surface area contributed by atoms with E-state index >= 15 is 0 Å². The van der Waals surface area contributed by atoms with Crippen molar-refractivity contribution in [3.8, 4) is 11.1 Å². The van der Waals surface area contributed by atoms with Crippen molar-refractivity contribution < 1.29 is 0 Å². The van der Waals surface area contributed by atoms with Crippen molar-refractivity contribution in [2.75, 3.05) is 4.90 Å². The maximum atomic E-state index is 3.62. The van der Waals surface area contributed by atoms with Crippen LogP contribution in [0.15, 0.2) is 112 Å². The molecule has 0 aromatic heterocycles. The van der Waals surface area contributed by atoms with Crippen molar-refractivity contribution in [1.82, 2.24) is 0 Å². The number of halogens is 2. The summed E-state index contributed by atoms with van der Waals surface area (Å²) in [6.45, 7) is 9.54. The minimum atomic E-state index is 0.142. The lowest BCUT2D eigenvalue weighted by atomic mass is 9.82. The molecule has 5 aromatic carbocycles. The van der Waals surface area contributed by atoms with Gasteiger partial charge in [0.05, 0.1) is 5.69 Å². The van der Waals surface area contributed by atoms with E-state index in [0.29, 0.717) is 0 Å². The largest absolute Gasteiger partial charge is 0.310 e. The molecule has 0 saturated carbocycles. The minimum absolute atomic E-state index is 0.142. The van der Waals surface area contributed by atoms with E-state index in [4.69, 9.17) is 0 Å². The van der Waals surface area contributed by atoms with Gasteiger partial charge in [-0.25, -0.2) is 0 Å². The lowest BCUT2D eigenvalue weighted by molar-refractivity contribution is 0.403. The molecule has 38 heavy (non-hydrogen) atoms. The lowest BCUT2D eigenvalue weighted by Crippen LogP contribution is -2.17. The third kappa shape index (κ3) is 4.50. The molecule has 1 aliphatic rings. The average Bonchev–Trinajstić information content (AvgIpc) is 3.08. The van der Waals surface area contributed by atoms with Gasteiger partial charge < -0.3 is 4.90 Å². The van der Waals surface area contributed by atoms with Crippen molar-refractivity contribution >= 4 is 59.7 Å². The molecule has 0 heterocycles. The maximum Gasteiger partial charge on any atom is 0.0546 e.